The second kappa shape index (κ2) is 4.30. The van der Waals surface area contributed by atoms with Gasteiger partial charge in [-0.2, -0.15) is 0 Å². The molecular formula is C7H11ClN2O2. The van der Waals surface area contributed by atoms with Crippen molar-refractivity contribution >= 4 is 23.4 Å². The highest BCUT2D eigenvalue weighted by Gasteiger charge is 2.16. The van der Waals surface area contributed by atoms with Crippen LogP contribution in [0.1, 0.15) is 6.42 Å². The molecule has 1 fully saturated rings. The van der Waals surface area contributed by atoms with E-state index in [1.807, 2.05) is 0 Å². The summed E-state index contributed by atoms with van der Waals surface area (Å²) in [6.07, 6.45) is 0.378. The predicted octanol–water partition coefficient (Wildman–Crippen LogP) is -0.426. The monoisotopic (exact) mass is 190 g/mol. The van der Waals surface area contributed by atoms with E-state index in [1.54, 1.807) is 4.90 Å². The highest BCUT2D eigenvalue weighted by atomic mass is 35.5. The quantitative estimate of drug-likeness (QED) is 0.571. The van der Waals surface area contributed by atoms with E-state index in [-0.39, 0.29) is 17.7 Å². The van der Waals surface area contributed by atoms with Gasteiger partial charge in [0.1, 0.15) is 5.88 Å². The van der Waals surface area contributed by atoms with E-state index in [2.05, 4.69) is 5.32 Å². The Kier molecular flexibility index (Phi) is 3.34. The van der Waals surface area contributed by atoms with Crippen molar-refractivity contribution in [3.63, 3.8) is 0 Å². The number of amides is 2. The van der Waals surface area contributed by atoms with Crippen LogP contribution in [0.2, 0.25) is 0 Å². The average Bonchev–Trinajstić information content (AvgIpc) is 2.29. The molecule has 0 atom stereocenters. The zero-order valence-electron chi connectivity index (χ0n) is 6.68. The fourth-order valence-electron chi connectivity index (χ4n) is 1.10. The standard InChI is InChI=1S/C7H11ClN2O2/c8-5-7(12)10-3-1-6(11)9-2-4-10/h1-5H2,(H,9,11). The van der Waals surface area contributed by atoms with Crippen LogP contribution in [0.3, 0.4) is 0 Å². The fraction of sp³-hybridized carbons (Fsp3) is 0.714. The normalized spacial score (nSPS) is 18.4. The second-order valence-corrected chi connectivity index (χ2v) is 2.88. The van der Waals surface area contributed by atoms with E-state index in [9.17, 15) is 9.59 Å². The van der Waals surface area contributed by atoms with Gasteiger partial charge in [0.15, 0.2) is 0 Å². The number of alkyl halides is 1. The Morgan fingerprint density at radius 3 is 3.00 bits per heavy atom. The van der Waals surface area contributed by atoms with Gasteiger partial charge in [-0.1, -0.05) is 0 Å². The molecule has 2 amide bonds. The molecule has 1 saturated heterocycles. The molecule has 1 N–H and O–H groups in total. The van der Waals surface area contributed by atoms with Crippen LogP contribution in [0.5, 0.6) is 0 Å². The second-order valence-electron chi connectivity index (χ2n) is 2.61. The zero-order valence-corrected chi connectivity index (χ0v) is 7.43. The molecule has 68 valence electrons. The molecule has 0 unspecified atom stereocenters. The SMILES string of the molecule is O=C1CCN(C(=O)CCl)CCN1. The number of nitrogens with zero attached hydrogens (tertiary/aromatic N) is 1. The summed E-state index contributed by atoms with van der Waals surface area (Å²) < 4.78 is 0. The topological polar surface area (TPSA) is 49.4 Å². The first-order chi connectivity index (χ1) is 5.74. The maximum absolute atomic E-state index is 11.1. The summed E-state index contributed by atoms with van der Waals surface area (Å²) in [4.78, 5) is 23.5. The first-order valence-corrected chi connectivity index (χ1v) is 4.38. The van der Waals surface area contributed by atoms with Gasteiger partial charge in [-0.3, -0.25) is 9.59 Å². The molecule has 1 rings (SSSR count). The number of hydrogen-bond donors (Lipinski definition) is 1. The van der Waals surface area contributed by atoms with Gasteiger partial charge in [0.05, 0.1) is 0 Å². The Morgan fingerprint density at radius 2 is 2.33 bits per heavy atom. The van der Waals surface area contributed by atoms with Gasteiger partial charge in [0.25, 0.3) is 0 Å². The van der Waals surface area contributed by atoms with Crippen LogP contribution in [-0.2, 0) is 9.59 Å². The third kappa shape index (κ3) is 2.37. The third-order valence-corrected chi connectivity index (χ3v) is 2.01. The van der Waals surface area contributed by atoms with Gasteiger partial charge in [-0.25, -0.2) is 0 Å². The van der Waals surface area contributed by atoms with Crippen LogP contribution >= 0.6 is 11.6 Å². The number of halogens is 1. The highest BCUT2D eigenvalue weighted by molar-refractivity contribution is 6.27. The van der Waals surface area contributed by atoms with Crippen LogP contribution in [0.4, 0.5) is 0 Å². The highest BCUT2D eigenvalue weighted by Crippen LogP contribution is 1.97. The molecule has 0 aromatic rings. The molecule has 0 radical (unpaired) electrons. The summed E-state index contributed by atoms with van der Waals surface area (Å²) in [6.45, 7) is 1.58. The van der Waals surface area contributed by atoms with Crippen molar-refractivity contribution < 1.29 is 9.59 Å². The summed E-state index contributed by atoms with van der Waals surface area (Å²) in [5, 5.41) is 2.68. The van der Waals surface area contributed by atoms with Gasteiger partial charge < -0.3 is 10.2 Å². The van der Waals surface area contributed by atoms with E-state index in [0.717, 1.165) is 0 Å². The largest absolute Gasteiger partial charge is 0.354 e. The molecule has 1 aliphatic heterocycles. The summed E-state index contributed by atoms with van der Waals surface area (Å²) in [6, 6.07) is 0. The van der Waals surface area contributed by atoms with Gasteiger partial charge in [0, 0.05) is 26.1 Å². The minimum atomic E-state index is -0.104. The minimum Gasteiger partial charge on any atom is -0.354 e. The molecule has 1 aliphatic rings. The molecule has 0 bridgehead atoms. The summed E-state index contributed by atoms with van der Waals surface area (Å²) >= 11 is 5.38. The molecule has 0 aromatic carbocycles. The number of rotatable bonds is 1. The first-order valence-electron chi connectivity index (χ1n) is 3.84. The van der Waals surface area contributed by atoms with Crippen LogP contribution < -0.4 is 5.32 Å². The lowest BCUT2D eigenvalue weighted by molar-refractivity contribution is -0.128. The van der Waals surface area contributed by atoms with E-state index >= 15 is 0 Å². The Hall–Kier alpha value is -0.770. The number of carbonyl (C=O) groups excluding carboxylic acids is 2. The molecule has 5 heteroatoms. The van der Waals surface area contributed by atoms with Crippen molar-refractivity contribution in [3.05, 3.63) is 0 Å². The molecule has 0 aliphatic carbocycles. The Labute approximate surface area is 75.9 Å². The van der Waals surface area contributed by atoms with Gasteiger partial charge in [0.2, 0.25) is 11.8 Å². The van der Waals surface area contributed by atoms with E-state index in [4.69, 9.17) is 11.6 Å². The number of nitrogens with one attached hydrogen (secondary N) is 1. The molecular weight excluding hydrogens is 180 g/mol. The lowest BCUT2D eigenvalue weighted by atomic mass is 10.4. The summed E-state index contributed by atoms with van der Waals surface area (Å²) in [7, 11) is 0. The van der Waals surface area contributed by atoms with Crippen LogP contribution in [0, 0.1) is 0 Å². The van der Waals surface area contributed by atoms with Crippen molar-refractivity contribution in [2.24, 2.45) is 0 Å². The predicted molar refractivity (Wildman–Crippen MR) is 44.9 cm³/mol. The molecule has 0 saturated carbocycles. The smallest absolute Gasteiger partial charge is 0.237 e. The lowest BCUT2D eigenvalue weighted by Crippen LogP contribution is -2.34. The molecule has 0 aromatic heterocycles. The number of hydrogen-bond acceptors (Lipinski definition) is 2. The van der Waals surface area contributed by atoms with Crippen molar-refractivity contribution in [1.82, 2.24) is 10.2 Å². The van der Waals surface area contributed by atoms with Crippen molar-refractivity contribution in [1.29, 1.82) is 0 Å². The van der Waals surface area contributed by atoms with Crippen molar-refractivity contribution in [2.45, 2.75) is 6.42 Å². The maximum atomic E-state index is 11.1. The Morgan fingerprint density at radius 1 is 1.58 bits per heavy atom. The van der Waals surface area contributed by atoms with Crippen LogP contribution in [0.25, 0.3) is 0 Å². The fourth-order valence-corrected chi connectivity index (χ4v) is 1.27. The molecule has 1 heterocycles. The summed E-state index contributed by atoms with van der Waals surface area (Å²) in [5.41, 5.74) is 0. The third-order valence-electron chi connectivity index (χ3n) is 1.78. The molecule has 12 heavy (non-hydrogen) atoms. The summed E-state index contributed by atoms with van der Waals surface area (Å²) in [5.74, 6) is -0.109. The first kappa shape index (κ1) is 9.32. The zero-order chi connectivity index (χ0) is 8.97. The minimum absolute atomic E-state index is 0.000118. The number of carbonyl (C=O) groups is 2. The molecule has 4 nitrogen and oxygen atoms in total. The van der Waals surface area contributed by atoms with Crippen LogP contribution in [-0.4, -0.2) is 42.2 Å². The van der Waals surface area contributed by atoms with E-state index in [0.29, 0.717) is 26.1 Å². The van der Waals surface area contributed by atoms with Crippen molar-refractivity contribution in [3.8, 4) is 0 Å². The van der Waals surface area contributed by atoms with E-state index < -0.39 is 0 Å². The maximum Gasteiger partial charge on any atom is 0.237 e. The average molecular weight is 191 g/mol. The van der Waals surface area contributed by atoms with Gasteiger partial charge in [-0.05, 0) is 0 Å². The van der Waals surface area contributed by atoms with Gasteiger partial charge >= 0.3 is 0 Å². The van der Waals surface area contributed by atoms with Gasteiger partial charge in [-0.15, -0.1) is 11.6 Å². The molecule has 0 spiro atoms. The van der Waals surface area contributed by atoms with Crippen molar-refractivity contribution in [2.75, 3.05) is 25.5 Å². The van der Waals surface area contributed by atoms with E-state index in [1.165, 1.54) is 0 Å². The Balaban J connectivity index is 2.45. The van der Waals surface area contributed by atoms with Crippen LogP contribution in [0.15, 0.2) is 0 Å². The lowest BCUT2D eigenvalue weighted by Gasteiger charge is -2.17. The Bertz CT molecular complexity index is 196.